The third-order valence-corrected chi connectivity index (χ3v) is 15.2. The van der Waals surface area contributed by atoms with Crippen molar-refractivity contribution in [3.63, 3.8) is 0 Å². The Morgan fingerprint density at radius 3 is 1.76 bits per heavy atom. The van der Waals surface area contributed by atoms with Gasteiger partial charge in [-0.2, -0.15) is 12.1 Å². The average Bonchev–Trinajstić information content (AvgIpc) is 1.54. The van der Waals surface area contributed by atoms with Crippen LogP contribution in [0.1, 0.15) is 98.4 Å². The first-order valence-corrected chi connectivity index (χ1v) is 27.1. The molecule has 1 aliphatic heterocycles. The van der Waals surface area contributed by atoms with Crippen LogP contribution < -0.4 is 14.5 Å². The van der Waals surface area contributed by atoms with Crippen LogP contribution in [-0.2, 0) is 37.3 Å². The van der Waals surface area contributed by atoms with Crippen LogP contribution in [0.4, 0.5) is 22.7 Å². The molecule has 0 bridgehead atoms. The van der Waals surface area contributed by atoms with E-state index in [-0.39, 0.29) is 48.4 Å². The second-order valence-electron chi connectivity index (χ2n) is 23.9. The van der Waals surface area contributed by atoms with Gasteiger partial charge in [0.05, 0.1) is 0 Å². The maximum Gasteiger partial charge on any atom is 0.135 e. The number of para-hydroxylation sites is 3. The predicted octanol–water partition coefficient (Wildman–Crippen LogP) is 20.2. The molecule has 0 unspecified atom stereocenters. The molecule has 0 radical (unpaired) electrons. The van der Waals surface area contributed by atoms with Crippen molar-refractivity contribution in [1.29, 1.82) is 0 Å². The Kier molecular flexibility index (Phi) is 12.3. The van der Waals surface area contributed by atoms with Gasteiger partial charge in [0, 0.05) is 86.3 Å². The van der Waals surface area contributed by atoms with E-state index < -0.39 is 13.7 Å². The number of nitrogens with zero attached hydrogens (tertiary/aromatic N) is 4. The zero-order valence-corrected chi connectivity index (χ0v) is 48.9. The molecule has 2 aromatic heterocycles. The van der Waals surface area contributed by atoms with Crippen molar-refractivity contribution >= 4 is 44.6 Å². The van der Waals surface area contributed by atoms with Crippen molar-refractivity contribution in [1.82, 2.24) is 9.55 Å². The summed E-state index contributed by atoms with van der Waals surface area (Å²) in [6.45, 7) is 17.8. The average molecular weight is 1230 g/mol. The summed E-state index contributed by atoms with van der Waals surface area (Å²) in [6.07, 6.45) is 1.52. The quantitative estimate of drug-likeness (QED) is 0.135. The van der Waals surface area contributed by atoms with E-state index >= 15 is 0 Å². The summed E-state index contributed by atoms with van der Waals surface area (Å²) in [5, 5.41) is 1.80. The van der Waals surface area contributed by atoms with Crippen LogP contribution >= 0.6 is 0 Å². The Balaban J connectivity index is 0.00000768. The largest absolute Gasteiger partial charge is 0.509 e. The number of benzene rings is 9. The number of rotatable bonds is 9. The summed E-state index contributed by atoms with van der Waals surface area (Å²) >= 11 is 0. The normalized spacial score (nSPS) is 14.2. The van der Waals surface area contributed by atoms with Gasteiger partial charge in [0.15, 0.2) is 0 Å². The Morgan fingerprint density at radius 1 is 0.475 bits per heavy atom. The molecule has 0 fully saturated rings. The molecule has 0 saturated heterocycles. The van der Waals surface area contributed by atoms with Gasteiger partial charge in [-0.15, -0.1) is 48.1 Å². The van der Waals surface area contributed by atoms with Crippen molar-refractivity contribution in [2.75, 3.05) is 9.80 Å². The minimum Gasteiger partial charge on any atom is -0.509 e. The van der Waals surface area contributed by atoms with Gasteiger partial charge in [0.1, 0.15) is 5.82 Å². The predicted molar refractivity (Wildman–Crippen MR) is 332 cm³/mol. The number of fused-ring (bicyclic) bond motifs is 4. The number of hydrogen-bond donors (Lipinski definition) is 0. The number of anilines is 4. The van der Waals surface area contributed by atoms with Gasteiger partial charge < -0.3 is 19.1 Å². The summed E-state index contributed by atoms with van der Waals surface area (Å²) in [5.74, 6) is 1.25. The smallest absolute Gasteiger partial charge is 0.135 e. The van der Waals surface area contributed by atoms with Crippen molar-refractivity contribution in [3.05, 3.63) is 247 Å². The SMILES string of the molecule is [2H]C([2H])([2H])c1cccc(-c2cnc(-n3c4[c-]c(Oc5[c-]c(N6[CH-]N(c7c(-c8ccccc8)cc(C(C)(C)C)cc7-c7ccc(-c8cc(C(C)(C)C)cc(C(C)(C)C)c8)cc7)c7ccccc76)ccc5)ccc4c4ccccc43)cc2C([2H])([2H])[2H])c1.[Pt]. The fourth-order valence-corrected chi connectivity index (χ4v) is 10.8. The summed E-state index contributed by atoms with van der Waals surface area (Å²) in [6, 6.07) is 72.8. The van der Waals surface area contributed by atoms with Crippen LogP contribution in [0.5, 0.6) is 11.5 Å². The van der Waals surface area contributed by atoms with Gasteiger partial charge >= 0.3 is 0 Å². The van der Waals surface area contributed by atoms with E-state index in [1.807, 2.05) is 59.2 Å². The van der Waals surface area contributed by atoms with Crippen LogP contribution in [0.15, 0.2) is 200 Å². The van der Waals surface area contributed by atoms with E-state index in [0.29, 0.717) is 34.0 Å². The fraction of sp³-hybridized carbons (Fsp3) is 0.189. The number of pyridine rings is 1. The second kappa shape index (κ2) is 20.9. The first-order chi connectivity index (χ1) is 40.3. The van der Waals surface area contributed by atoms with Gasteiger partial charge in [-0.1, -0.05) is 201 Å². The minimum atomic E-state index is -2.56. The summed E-state index contributed by atoms with van der Waals surface area (Å²) in [5.41, 5.74) is 16.7. The van der Waals surface area contributed by atoms with Crippen molar-refractivity contribution < 1.29 is 34.0 Å². The first kappa shape index (κ1) is 46.9. The standard InChI is InChI=1S/C74H67N4O.Pt/c1-48-21-19-24-53(37-48)65-46-75-70(38-49(65)2)78-66-28-16-15-27-61(66)62-36-35-60(45-69(62)78)79-59-26-20-25-58(44-59)76-47-77(68-30-18-17-29-67(68)76)71-63(51-22-13-12-14-23-51)42-57(74(9,10)11)43-64(71)52-33-31-50(32-34-52)54-39-55(72(3,4)5)41-56(40-54)73(6,7)8;/h12-43,46-47H,1-11H3;/q-3;/i1D3,2D3;. The van der Waals surface area contributed by atoms with E-state index in [2.05, 4.69) is 200 Å². The molecule has 0 amide bonds. The first-order valence-electron chi connectivity index (χ1n) is 30.1. The van der Waals surface area contributed by atoms with Gasteiger partial charge in [-0.05, 0) is 122 Å². The van der Waals surface area contributed by atoms with Gasteiger partial charge in [-0.3, -0.25) is 0 Å². The molecule has 6 heteroatoms. The Labute approximate surface area is 496 Å². The molecular formula is C74H67N4OPt-3. The van der Waals surface area contributed by atoms with E-state index in [1.54, 1.807) is 18.2 Å². The Bertz CT molecular complexity index is 4320. The molecule has 1 aliphatic rings. The molecule has 12 rings (SSSR count). The monoisotopic (exact) mass is 1230 g/mol. The molecular weight excluding hydrogens is 1160 g/mol. The molecule has 11 aromatic rings. The van der Waals surface area contributed by atoms with Crippen molar-refractivity contribution in [2.45, 2.75) is 92.3 Å². The van der Waals surface area contributed by atoms with Crippen LogP contribution in [0, 0.1) is 32.5 Å². The third kappa shape index (κ3) is 10.3. The molecule has 0 spiro atoms. The van der Waals surface area contributed by atoms with Crippen LogP contribution in [0.3, 0.4) is 0 Å². The summed E-state index contributed by atoms with van der Waals surface area (Å²) in [4.78, 5) is 9.35. The number of aryl methyl sites for hydroxylation is 2. The fourth-order valence-electron chi connectivity index (χ4n) is 10.8. The summed E-state index contributed by atoms with van der Waals surface area (Å²) < 4.78 is 58.6. The maximum atomic E-state index is 8.65. The number of hydrogen-bond acceptors (Lipinski definition) is 4. The van der Waals surface area contributed by atoms with E-state index in [4.69, 9.17) is 17.9 Å². The number of aromatic nitrogens is 2. The zero-order chi connectivity index (χ0) is 60.0. The van der Waals surface area contributed by atoms with E-state index in [1.165, 1.54) is 46.1 Å². The number of ether oxygens (including phenoxy) is 1. The Morgan fingerprint density at radius 2 is 1.07 bits per heavy atom. The second-order valence-corrected chi connectivity index (χ2v) is 23.9. The molecule has 0 saturated carbocycles. The molecule has 0 atom stereocenters. The molecule has 402 valence electrons. The maximum absolute atomic E-state index is 8.65. The third-order valence-electron chi connectivity index (χ3n) is 15.2. The zero-order valence-electron chi connectivity index (χ0n) is 52.6. The van der Waals surface area contributed by atoms with Crippen molar-refractivity contribution in [3.8, 4) is 61.8 Å². The van der Waals surface area contributed by atoms with Gasteiger partial charge in [0.25, 0.3) is 0 Å². The molecule has 9 aromatic carbocycles. The molecule has 3 heterocycles. The van der Waals surface area contributed by atoms with Gasteiger partial charge in [-0.25, -0.2) is 4.98 Å². The summed E-state index contributed by atoms with van der Waals surface area (Å²) in [7, 11) is 0. The van der Waals surface area contributed by atoms with Crippen LogP contribution in [0.2, 0.25) is 0 Å². The molecule has 5 nitrogen and oxygen atoms in total. The van der Waals surface area contributed by atoms with Crippen LogP contribution in [0.25, 0.3) is 72.1 Å². The Hall–Kier alpha value is -7.98. The molecule has 0 aliphatic carbocycles. The molecule has 80 heavy (non-hydrogen) atoms. The topological polar surface area (TPSA) is 33.5 Å². The van der Waals surface area contributed by atoms with E-state index in [0.717, 1.165) is 61.3 Å². The van der Waals surface area contributed by atoms with Crippen molar-refractivity contribution in [2.24, 2.45) is 0 Å². The molecule has 0 N–H and O–H groups in total. The van der Waals surface area contributed by atoms with Gasteiger partial charge in [0.2, 0.25) is 0 Å². The van der Waals surface area contributed by atoms with E-state index in [9.17, 15) is 0 Å². The van der Waals surface area contributed by atoms with Crippen LogP contribution in [-0.4, -0.2) is 9.55 Å². The minimum absolute atomic E-state index is 0.